The van der Waals surface area contributed by atoms with Gasteiger partial charge in [0.05, 0.1) is 10.6 Å². The zero-order valence-electron chi connectivity index (χ0n) is 7.59. The molecule has 0 saturated carbocycles. The van der Waals surface area contributed by atoms with E-state index in [1.165, 1.54) is 11.3 Å². The van der Waals surface area contributed by atoms with Crippen molar-refractivity contribution in [1.29, 1.82) is 0 Å². The van der Waals surface area contributed by atoms with Gasteiger partial charge < -0.3 is 10.0 Å². The molecule has 2 rings (SSSR count). The van der Waals surface area contributed by atoms with Crippen LogP contribution in [0.3, 0.4) is 0 Å². The Balaban J connectivity index is 2.37. The van der Waals surface area contributed by atoms with Crippen molar-refractivity contribution in [3.05, 3.63) is 34.9 Å². The first kappa shape index (κ1) is 10.8. The van der Waals surface area contributed by atoms with Gasteiger partial charge in [0.2, 0.25) is 0 Å². The maximum atomic E-state index is 8.97. The first-order valence-corrected chi connectivity index (χ1v) is 5.85. The number of aromatic nitrogens is 1. The van der Waals surface area contributed by atoms with Crippen LogP contribution in [-0.2, 0) is 0 Å². The fourth-order valence-corrected chi connectivity index (χ4v) is 2.35. The first-order valence-electron chi connectivity index (χ1n) is 4.24. The van der Waals surface area contributed by atoms with Gasteiger partial charge in [0, 0.05) is 15.4 Å². The minimum Gasteiger partial charge on any atom is -0.423 e. The number of thiophene rings is 1. The summed E-state index contributed by atoms with van der Waals surface area (Å²) in [6, 6.07) is 7.25. The molecule has 0 saturated heterocycles. The van der Waals surface area contributed by atoms with Gasteiger partial charge in [-0.1, -0.05) is 22.0 Å². The van der Waals surface area contributed by atoms with E-state index in [-0.39, 0.29) is 0 Å². The molecular weight excluding hydrogens is 277 g/mol. The summed E-state index contributed by atoms with van der Waals surface area (Å²) in [5.74, 6) is 0. The van der Waals surface area contributed by atoms with Crippen molar-refractivity contribution in [1.82, 2.24) is 4.98 Å². The van der Waals surface area contributed by atoms with E-state index >= 15 is 0 Å². The lowest BCUT2D eigenvalue weighted by Crippen LogP contribution is -2.26. The van der Waals surface area contributed by atoms with E-state index in [1.54, 1.807) is 12.3 Å². The van der Waals surface area contributed by atoms with Gasteiger partial charge in [0.15, 0.2) is 0 Å². The monoisotopic (exact) mass is 283 g/mol. The smallest absolute Gasteiger partial charge is 0.423 e. The number of hydrogen-bond donors (Lipinski definition) is 2. The largest absolute Gasteiger partial charge is 0.499 e. The minimum absolute atomic E-state index is 0.520. The quantitative estimate of drug-likeness (QED) is 0.816. The maximum absolute atomic E-state index is 8.97. The van der Waals surface area contributed by atoms with Crippen LogP contribution in [0, 0.1) is 0 Å². The summed E-state index contributed by atoms with van der Waals surface area (Å²) in [6.45, 7) is 0. The number of hydrogen-bond acceptors (Lipinski definition) is 4. The summed E-state index contributed by atoms with van der Waals surface area (Å²) >= 11 is 4.68. The average molecular weight is 284 g/mol. The van der Waals surface area contributed by atoms with Crippen molar-refractivity contribution >= 4 is 39.2 Å². The van der Waals surface area contributed by atoms with Gasteiger partial charge >= 0.3 is 7.12 Å². The van der Waals surface area contributed by atoms with Crippen molar-refractivity contribution in [3.8, 4) is 10.6 Å². The summed E-state index contributed by atoms with van der Waals surface area (Å²) in [7, 11) is -1.41. The van der Waals surface area contributed by atoms with Gasteiger partial charge in [0.25, 0.3) is 0 Å². The molecule has 0 fully saturated rings. The summed E-state index contributed by atoms with van der Waals surface area (Å²) in [4.78, 5) is 5.12. The molecule has 0 unspecified atom stereocenters. The summed E-state index contributed by atoms with van der Waals surface area (Å²) in [5.41, 5.74) is 0.821. The van der Waals surface area contributed by atoms with E-state index in [0.717, 1.165) is 15.0 Å². The lowest BCUT2D eigenvalue weighted by Gasteiger charge is -1.96. The molecule has 0 spiro atoms. The van der Waals surface area contributed by atoms with Gasteiger partial charge in [-0.15, -0.1) is 11.3 Å². The number of halogens is 1. The molecule has 2 aromatic rings. The molecular formula is C9H7BBrNO2S. The Morgan fingerprint density at radius 2 is 2.07 bits per heavy atom. The molecule has 0 amide bonds. The highest BCUT2D eigenvalue weighted by Gasteiger charge is 2.14. The second-order valence-electron chi connectivity index (χ2n) is 2.93. The van der Waals surface area contributed by atoms with Gasteiger partial charge in [-0.3, -0.25) is 4.98 Å². The average Bonchev–Trinajstić information content (AvgIpc) is 2.66. The van der Waals surface area contributed by atoms with Crippen molar-refractivity contribution in [2.24, 2.45) is 0 Å². The number of pyridine rings is 1. The fraction of sp³-hybridized carbons (Fsp3) is 0. The second-order valence-corrected chi connectivity index (χ2v) is 4.97. The second kappa shape index (κ2) is 4.44. The van der Waals surface area contributed by atoms with Crippen molar-refractivity contribution < 1.29 is 10.0 Å². The van der Waals surface area contributed by atoms with E-state index in [1.807, 2.05) is 18.2 Å². The Hall–Kier alpha value is -0.685. The molecule has 0 bridgehead atoms. The Bertz CT molecular complexity index is 475. The number of nitrogens with zero attached hydrogens (tertiary/aromatic N) is 1. The van der Waals surface area contributed by atoms with E-state index in [9.17, 15) is 0 Å². The molecule has 15 heavy (non-hydrogen) atoms. The van der Waals surface area contributed by atoms with Gasteiger partial charge in [0.1, 0.15) is 0 Å². The van der Waals surface area contributed by atoms with Crippen LogP contribution in [0.4, 0.5) is 0 Å². The topological polar surface area (TPSA) is 53.4 Å². The Morgan fingerprint density at radius 3 is 2.67 bits per heavy atom. The highest BCUT2D eigenvalue weighted by atomic mass is 79.9. The van der Waals surface area contributed by atoms with Crippen LogP contribution in [0.25, 0.3) is 10.6 Å². The van der Waals surface area contributed by atoms with Gasteiger partial charge in [-0.2, -0.15) is 0 Å². The van der Waals surface area contributed by atoms with E-state index in [2.05, 4.69) is 20.9 Å². The molecule has 6 heteroatoms. The molecule has 0 aliphatic rings. The van der Waals surface area contributed by atoms with E-state index < -0.39 is 7.12 Å². The summed E-state index contributed by atoms with van der Waals surface area (Å²) in [6.07, 6.45) is 1.70. The molecule has 3 nitrogen and oxygen atoms in total. The molecule has 0 aromatic carbocycles. The fourth-order valence-electron chi connectivity index (χ4n) is 1.17. The third kappa shape index (κ3) is 2.46. The van der Waals surface area contributed by atoms with Gasteiger partial charge in [-0.05, 0) is 18.2 Å². The van der Waals surface area contributed by atoms with Crippen molar-refractivity contribution in [2.45, 2.75) is 0 Å². The predicted molar refractivity (Wildman–Crippen MR) is 65.1 cm³/mol. The van der Waals surface area contributed by atoms with Crippen LogP contribution in [-0.4, -0.2) is 22.2 Å². The lowest BCUT2D eigenvalue weighted by molar-refractivity contribution is 0.427. The molecule has 0 radical (unpaired) electrons. The third-order valence-electron chi connectivity index (χ3n) is 1.86. The standard InChI is InChI=1S/C9H7BBrNO2S/c11-6-3-4-12-7(5-6)8-1-2-9(15-8)10(13)14/h1-5,13-14H. The van der Waals surface area contributed by atoms with Crippen molar-refractivity contribution in [3.63, 3.8) is 0 Å². The van der Waals surface area contributed by atoms with Gasteiger partial charge in [-0.25, -0.2) is 0 Å². The highest BCUT2D eigenvalue weighted by Crippen LogP contribution is 2.23. The third-order valence-corrected chi connectivity index (χ3v) is 3.50. The van der Waals surface area contributed by atoms with E-state index in [0.29, 0.717) is 4.78 Å². The number of rotatable bonds is 2. The van der Waals surface area contributed by atoms with Crippen LogP contribution in [0.5, 0.6) is 0 Å². The van der Waals surface area contributed by atoms with Crippen molar-refractivity contribution in [2.75, 3.05) is 0 Å². The lowest BCUT2D eigenvalue weighted by atomic mass is 9.90. The Labute approximate surface area is 99.7 Å². The zero-order chi connectivity index (χ0) is 10.8. The van der Waals surface area contributed by atoms with Crippen LogP contribution in [0.1, 0.15) is 0 Å². The SMILES string of the molecule is OB(O)c1ccc(-c2cc(Br)ccn2)s1. The highest BCUT2D eigenvalue weighted by molar-refractivity contribution is 9.10. The summed E-state index contributed by atoms with van der Waals surface area (Å²) in [5, 5.41) is 17.9. The molecule has 0 aliphatic heterocycles. The van der Waals surface area contributed by atoms with Crippen LogP contribution < -0.4 is 4.78 Å². The van der Waals surface area contributed by atoms with Crippen LogP contribution in [0.2, 0.25) is 0 Å². The van der Waals surface area contributed by atoms with Crippen LogP contribution in [0.15, 0.2) is 34.9 Å². The molecule has 0 aliphatic carbocycles. The predicted octanol–water partition coefficient (Wildman–Crippen LogP) is 1.25. The Kier molecular flexibility index (Phi) is 3.21. The Morgan fingerprint density at radius 1 is 1.27 bits per heavy atom. The zero-order valence-corrected chi connectivity index (χ0v) is 9.99. The summed E-state index contributed by atoms with van der Waals surface area (Å²) < 4.78 is 1.47. The minimum atomic E-state index is -1.41. The van der Waals surface area contributed by atoms with E-state index in [4.69, 9.17) is 10.0 Å². The maximum Gasteiger partial charge on any atom is 0.499 e. The van der Waals surface area contributed by atoms with Crippen LogP contribution >= 0.6 is 27.3 Å². The molecule has 76 valence electrons. The normalized spacial score (nSPS) is 10.3. The first-order chi connectivity index (χ1) is 7.16. The molecule has 2 heterocycles. The molecule has 2 N–H and O–H groups in total. The molecule has 2 aromatic heterocycles. The molecule has 0 atom stereocenters.